The summed E-state index contributed by atoms with van der Waals surface area (Å²) in [6.07, 6.45) is 0. The third kappa shape index (κ3) is 7.73. The first-order valence-corrected chi connectivity index (χ1v) is 18.4. The summed E-state index contributed by atoms with van der Waals surface area (Å²) in [6.45, 7) is 8.37. The van der Waals surface area contributed by atoms with Gasteiger partial charge in [-0.25, -0.2) is 4.57 Å². The summed E-state index contributed by atoms with van der Waals surface area (Å²) >= 11 is 0. The Labute approximate surface area is 290 Å². The molecule has 1 N–H and O–H groups in total. The first-order chi connectivity index (χ1) is 23.7. The highest BCUT2D eigenvalue weighted by Crippen LogP contribution is 2.53. The van der Waals surface area contributed by atoms with Gasteiger partial charge in [-0.2, -0.15) is 0 Å². The molecule has 0 fully saturated rings. The molecule has 0 bridgehead atoms. The van der Waals surface area contributed by atoms with Crippen LogP contribution >= 0.6 is 7.82 Å². The molecule has 4 nitrogen and oxygen atoms in total. The highest BCUT2D eigenvalue weighted by atomic mass is 31.2. The number of benzene rings is 6. The second-order valence-electron chi connectivity index (χ2n) is 12.7. The average Bonchev–Trinajstić information content (AvgIpc) is 3.15. The van der Waals surface area contributed by atoms with Crippen molar-refractivity contribution < 1.29 is 18.5 Å². The van der Waals surface area contributed by atoms with Crippen molar-refractivity contribution in [2.45, 2.75) is 51.4 Å². The first kappa shape index (κ1) is 34.0. The molecular weight excluding hydrogens is 623 g/mol. The highest BCUT2D eigenvalue weighted by Gasteiger charge is 2.34. The molecule has 0 aliphatic carbocycles. The third-order valence-electron chi connectivity index (χ3n) is 9.63. The lowest BCUT2D eigenvalue weighted by Crippen LogP contribution is -2.11. The minimum Gasteiger partial charge on any atom is -0.395 e. The van der Waals surface area contributed by atoms with E-state index in [9.17, 15) is 9.46 Å². The number of phosphoric acid groups is 1. The van der Waals surface area contributed by atoms with Crippen molar-refractivity contribution in [2.24, 2.45) is 0 Å². The topological polar surface area (TPSA) is 55.8 Å². The van der Waals surface area contributed by atoms with Gasteiger partial charge in [0.05, 0.1) is 0 Å². The summed E-state index contributed by atoms with van der Waals surface area (Å²) in [5, 5.41) is 0. The fraction of sp³-hybridized carbons (Fsp3) is 0.182. The van der Waals surface area contributed by atoms with E-state index in [1.807, 2.05) is 109 Å². The molecule has 248 valence electrons. The molecule has 0 heterocycles. The second kappa shape index (κ2) is 15.1. The Balaban J connectivity index is 1.46. The van der Waals surface area contributed by atoms with Crippen LogP contribution in [0.5, 0.6) is 11.5 Å². The lowest BCUT2D eigenvalue weighted by atomic mass is 9.86. The van der Waals surface area contributed by atoms with Crippen LogP contribution in [0.2, 0.25) is 0 Å². The first-order valence-electron chi connectivity index (χ1n) is 16.9. The number of hydrogen-bond donors (Lipinski definition) is 1. The summed E-state index contributed by atoms with van der Waals surface area (Å²) in [6, 6.07) is 52.4. The molecule has 0 aliphatic heterocycles. The molecule has 6 rings (SSSR count). The van der Waals surface area contributed by atoms with Crippen molar-refractivity contribution in [1.29, 1.82) is 0 Å². The van der Waals surface area contributed by atoms with Crippen molar-refractivity contribution in [2.75, 3.05) is 0 Å². The molecule has 0 amide bonds. The molecule has 5 heteroatoms. The van der Waals surface area contributed by atoms with E-state index < -0.39 is 7.82 Å². The Morgan fingerprint density at radius 1 is 0.388 bits per heavy atom. The van der Waals surface area contributed by atoms with E-state index >= 15 is 0 Å². The van der Waals surface area contributed by atoms with Crippen LogP contribution in [-0.4, -0.2) is 4.89 Å². The fourth-order valence-electron chi connectivity index (χ4n) is 6.66. The van der Waals surface area contributed by atoms with Gasteiger partial charge in [0, 0.05) is 45.9 Å². The smallest absolute Gasteiger partial charge is 0.395 e. The zero-order chi connectivity index (χ0) is 34.4. The van der Waals surface area contributed by atoms with Crippen LogP contribution in [0.4, 0.5) is 0 Å². The molecule has 0 aromatic heterocycles. The maximum atomic E-state index is 14.5. The largest absolute Gasteiger partial charge is 0.584 e. The molecule has 0 saturated heterocycles. The van der Waals surface area contributed by atoms with E-state index in [2.05, 4.69) is 76.2 Å². The Bertz CT molecular complexity index is 1740. The van der Waals surface area contributed by atoms with Crippen LogP contribution in [-0.2, 0) is 4.57 Å². The monoisotopic (exact) mass is 666 g/mol. The van der Waals surface area contributed by atoms with Gasteiger partial charge in [0.25, 0.3) is 0 Å². The SMILES string of the molecule is CC(c1ccccc1)c1cccc(C(C)c2ccccc2)c1OP(=O)(O)Oc1c(C(C)c2ccccc2)cccc1C(C)c1ccccc1. The predicted molar refractivity (Wildman–Crippen MR) is 200 cm³/mol. The van der Waals surface area contributed by atoms with E-state index in [4.69, 9.17) is 9.05 Å². The standard InChI is InChI=1S/C44H43O4P/c1-31(35-19-9-5-10-20-35)39-27-17-28-40(32(2)36-21-11-6-12-22-36)43(39)47-49(45,46)48-44-41(33(3)37-23-13-7-14-24-37)29-18-30-42(44)34(4)38-25-15-8-16-26-38/h5-34H,1-4H3,(H,45,46). The number of rotatable bonds is 12. The highest BCUT2D eigenvalue weighted by molar-refractivity contribution is 7.48. The van der Waals surface area contributed by atoms with Gasteiger partial charge in [0.2, 0.25) is 0 Å². The van der Waals surface area contributed by atoms with Gasteiger partial charge < -0.3 is 9.05 Å². The lowest BCUT2D eigenvalue weighted by molar-refractivity contribution is 0.286. The van der Waals surface area contributed by atoms with Crippen LogP contribution in [0, 0.1) is 0 Å². The molecule has 4 atom stereocenters. The molecule has 0 radical (unpaired) electrons. The Hall–Kier alpha value is -4.89. The summed E-state index contributed by atoms with van der Waals surface area (Å²) in [4.78, 5) is 11.8. The van der Waals surface area contributed by atoms with Gasteiger partial charge >= 0.3 is 7.82 Å². The van der Waals surface area contributed by atoms with Gasteiger partial charge in [-0.3, -0.25) is 4.89 Å². The fourth-order valence-corrected chi connectivity index (χ4v) is 7.58. The molecule has 4 unspecified atom stereocenters. The number of hydrogen-bond acceptors (Lipinski definition) is 3. The average molecular weight is 667 g/mol. The minimum atomic E-state index is -4.77. The van der Waals surface area contributed by atoms with Gasteiger partial charge in [0.15, 0.2) is 0 Å². The minimum absolute atomic E-state index is 0.113. The van der Waals surface area contributed by atoms with E-state index in [0.717, 1.165) is 44.5 Å². The van der Waals surface area contributed by atoms with Crippen LogP contribution in [0.3, 0.4) is 0 Å². The number of phosphoric ester groups is 1. The van der Waals surface area contributed by atoms with Crippen LogP contribution < -0.4 is 9.05 Å². The quantitative estimate of drug-likeness (QED) is 0.132. The van der Waals surface area contributed by atoms with Crippen LogP contribution in [0.1, 0.15) is 95.9 Å². The van der Waals surface area contributed by atoms with Crippen LogP contribution in [0.25, 0.3) is 0 Å². The summed E-state index contributed by atoms with van der Waals surface area (Å²) in [5.41, 5.74) is 7.55. The zero-order valence-electron chi connectivity index (χ0n) is 28.4. The maximum Gasteiger partial charge on any atom is 0.584 e. The summed E-state index contributed by atoms with van der Waals surface area (Å²) in [5.74, 6) is 0.285. The van der Waals surface area contributed by atoms with Crippen molar-refractivity contribution in [3.8, 4) is 11.5 Å². The summed E-state index contributed by atoms with van der Waals surface area (Å²) < 4.78 is 27.2. The lowest BCUT2D eigenvalue weighted by Gasteiger charge is -2.27. The van der Waals surface area contributed by atoms with E-state index in [0.29, 0.717) is 11.5 Å². The van der Waals surface area contributed by atoms with Crippen LogP contribution in [0.15, 0.2) is 158 Å². The molecule has 6 aromatic carbocycles. The normalized spacial score (nSPS) is 15.0. The zero-order valence-corrected chi connectivity index (χ0v) is 29.3. The van der Waals surface area contributed by atoms with E-state index in [1.54, 1.807) is 0 Å². The van der Waals surface area contributed by atoms with Gasteiger partial charge in [-0.1, -0.05) is 185 Å². The Kier molecular flexibility index (Phi) is 10.5. The number of para-hydroxylation sites is 2. The van der Waals surface area contributed by atoms with Gasteiger partial charge in [0.1, 0.15) is 11.5 Å². The van der Waals surface area contributed by atoms with Gasteiger partial charge in [-0.15, -0.1) is 0 Å². The predicted octanol–water partition coefficient (Wildman–Crippen LogP) is 11.9. The Morgan fingerprint density at radius 3 is 0.837 bits per heavy atom. The van der Waals surface area contributed by atoms with E-state index in [1.165, 1.54) is 0 Å². The van der Waals surface area contributed by atoms with Crippen molar-refractivity contribution in [3.05, 3.63) is 202 Å². The van der Waals surface area contributed by atoms with Crippen molar-refractivity contribution in [1.82, 2.24) is 0 Å². The van der Waals surface area contributed by atoms with Gasteiger partial charge in [-0.05, 0) is 22.3 Å². The molecular formula is C44H43O4P. The molecule has 0 spiro atoms. The Morgan fingerprint density at radius 2 is 0.612 bits per heavy atom. The molecule has 0 saturated carbocycles. The molecule has 0 aliphatic rings. The third-order valence-corrected chi connectivity index (χ3v) is 10.5. The maximum absolute atomic E-state index is 14.5. The van der Waals surface area contributed by atoms with Crippen molar-refractivity contribution in [3.63, 3.8) is 0 Å². The summed E-state index contributed by atoms with van der Waals surface area (Å²) in [7, 11) is -4.77. The van der Waals surface area contributed by atoms with E-state index in [-0.39, 0.29) is 23.7 Å². The second-order valence-corrected chi connectivity index (χ2v) is 14.0. The van der Waals surface area contributed by atoms with Crippen molar-refractivity contribution >= 4 is 7.82 Å². The molecule has 49 heavy (non-hydrogen) atoms. The molecule has 6 aromatic rings.